The van der Waals surface area contributed by atoms with Gasteiger partial charge in [-0.25, -0.2) is 0 Å². The Hall–Kier alpha value is -2.68. The van der Waals surface area contributed by atoms with Gasteiger partial charge in [0.2, 0.25) is 11.8 Å². The summed E-state index contributed by atoms with van der Waals surface area (Å²) in [5, 5.41) is 17.5. The fourth-order valence-corrected chi connectivity index (χ4v) is 4.45. The van der Waals surface area contributed by atoms with E-state index in [1.807, 2.05) is 11.8 Å². The van der Waals surface area contributed by atoms with Crippen LogP contribution >= 0.6 is 0 Å². The van der Waals surface area contributed by atoms with Crippen molar-refractivity contribution in [1.29, 1.82) is 5.26 Å². The number of hydrogen-bond donors (Lipinski definition) is 0. The van der Waals surface area contributed by atoms with Crippen LogP contribution in [0, 0.1) is 31.1 Å². The number of aryl methyl sites for hydroxylation is 1. The zero-order chi connectivity index (χ0) is 17.6. The van der Waals surface area contributed by atoms with Crippen LogP contribution in [-0.2, 0) is 5.41 Å². The summed E-state index contributed by atoms with van der Waals surface area (Å²) in [6.07, 6.45) is 3.17. The first-order chi connectivity index (χ1) is 12.0. The quantitative estimate of drug-likeness (QED) is 0.842. The number of likely N-dealkylation sites (tertiary alicyclic amines) is 1. The number of carbonyl (C=O) groups excluding carboxylic acids is 1. The topological polar surface area (TPSA) is 83.0 Å². The van der Waals surface area contributed by atoms with Gasteiger partial charge in [-0.1, -0.05) is 12.5 Å². The van der Waals surface area contributed by atoms with E-state index in [1.54, 1.807) is 25.1 Å². The summed E-state index contributed by atoms with van der Waals surface area (Å²) in [6.45, 7) is 4.94. The Morgan fingerprint density at radius 1 is 1.40 bits per heavy atom. The van der Waals surface area contributed by atoms with Crippen LogP contribution in [0.5, 0.6) is 0 Å². The molecule has 1 aliphatic heterocycles. The van der Waals surface area contributed by atoms with Crippen molar-refractivity contribution in [1.82, 2.24) is 15.1 Å². The summed E-state index contributed by atoms with van der Waals surface area (Å²) in [5.74, 6) is 1.58. The van der Waals surface area contributed by atoms with Gasteiger partial charge in [0.25, 0.3) is 5.91 Å². The molecule has 1 aromatic carbocycles. The minimum absolute atomic E-state index is 0.0142. The van der Waals surface area contributed by atoms with Gasteiger partial charge in [0.1, 0.15) is 0 Å². The molecule has 1 aromatic heterocycles. The standard InChI is InChI=1S/C19H20N4O2/c1-12-14(9-20)5-3-7-16(12)17(24)23-10-15-6-4-8-19(15,11-23)18-22-21-13(2)25-18/h3,5,7,15H,4,6,8,10-11H2,1-2H3/t15-,19-/m0/s1. The van der Waals surface area contributed by atoms with Crippen molar-refractivity contribution in [2.45, 2.75) is 38.5 Å². The fourth-order valence-electron chi connectivity index (χ4n) is 4.45. The van der Waals surface area contributed by atoms with Gasteiger partial charge in [-0.15, -0.1) is 10.2 Å². The van der Waals surface area contributed by atoms with Crippen molar-refractivity contribution < 1.29 is 9.21 Å². The van der Waals surface area contributed by atoms with Crippen molar-refractivity contribution in [3.8, 4) is 6.07 Å². The van der Waals surface area contributed by atoms with Gasteiger partial charge in [-0.05, 0) is 43.4 Å². The van der Waals surface area contributed by atoms with Gasteiger partial charge in [0.05, 0.1) is 17.0 Å². The molecule has 1 aliphatic carbocycles. The van der Waals surface area contributed by atoms with E-state index < -0.39 is 0 Å². The molecule has 0 spiro atoms. The Kier molecular flexibility index (Phi) is 3.60. The number of benzene rings is 1. The van der Waals surface area contributed by atoms with Gasteiger partial charge in [0.15, 0.2) is 0 Å². The third-order valence-corrected chi connectivity index (χ3v) is 5.79. The number of rotatable bonds is 2. The smallest absolute Gasteiger partial charge is 0.254 e. The summed E-state index contributed by atoms with van der Waals surface area (Å²) >= 11 is 0. The van der Waals surface area contributed by atoms with E-state index in [9.17, 15) is 10.1 Å². The van der Waals surface area contributed by atoms with Crippen LogP contribution in [0.25, 0.3) is 0 Å². The summed E-state index contributed by atoms with van der Waals surface area (Å²) in [7, 11) is 0. The number of aromatic nitrogens is 2. The Bertz CT molecular complexity index is 882. The highest BCUT2D eigenvalue weighted by atomic mass is 16.4. The van der Waals surface area contributed by atoms with E-state index in [-0.39, 0.29) is 11.3 Å². The van der Waals surface area contributed by atoms with Crippen molar-refractivity contribution in [2.75, 3.05) is 13.1 Å². The third kappa shape index (κ3) is 2.34. The molecule has 2 fully saturated rings. The van der Waals surface area contributed by atoms with Crippen LogP contribution in [0.4, 0.5) is 0 Å². The molecule has 0 N–H and O–H groups in total. The molecule has 6 nitrogen and oxygen atoms in total. The molecule has 1 saturated carbocycles. The molecule has 2 aliphatic rings. The fraction of sp³-hybridized carbons (Fsp3) is 0.474. The molecule has 1 saturated heterocycles. The molecular formula is C19H20N4O2. The Morgan fingerprint density at radius 2 is 2.24 bits per heavy atom. The number of nitriles is 1. The molecule has 6 heteroatoms. The van der Waals surface area contributed by atoms with Crippen LogP contribution < -0.4 is 0 Å². The maximum atomic E-state index is 13.1. The summed E-state index contributed by atoms with van der Waals surface area (Å²) < 4.78 is 5.76. The monoisotopic (exact) mass is 336 g/mol. The predicted molar refractivity (Wildman–Crippen MR) is 89.9 cm³/mol. The SMILES string of the molecule is Cc1nnc([C@]23CCC[C@H]2CN(C(=O)c2cccc(C#N)c2C)C3)o1. The number of fused-ring (bicyclic) bond motifs is 1. The van der Waals surface area contributed by atoms with Crippen LogP contribution in [0.1, 0.15) is 52.5 Å². The van der Waals surface area contributed by atoms with Crippen molar-refractivity contribution in [2.24, 2.45) is 5.92 Å². The summed E-state index contributed by atoms with van der Waals surface area (Å²) in [6, 6.07) is 7.47. The highest BCUT2D eigenvalue weighted by Gasteiger charge is 2.55. The average molecular weight is 336 g/mol. The Balaban J connectivity index is 1.66. The van der Waals surface area contributed by atoms with Crippen LogP contribution in [0.2, 0.25) is 0 Å². The number of carbonyl (C=O) groups is 1. The van der Waals surface area contributed by atoms with Gasteiger partial charge in [-0.2, -0.15) is 5.26 Å². The lowest BCUT2D eigenvalue weighted by molar-refractivity contribution is 0.0775. The highest BCUT2D eigenvalue weighted by molar-refractivity contribution is 5.96. The van der Waals surface area contributed by atoms with E-state index in [0.29, 0.717) is 41.9 Å². The Morgan fingerprint density at radius 3 is 2.96 bits per heavy atom. The van der Waals surface area contributed by atoms with E-state index in [2.05, 4.69) is 16.3 Å². The summed E-state index contributed by atoms with van der Waals surface area (Å²) in [5.41, 5.74) is 1.69. The largest absolute Gasteiger partial charge is 0.425 e. The van der Waals surface area contributed by atoms with Crippen molar-refractivity contribution in [3.05, 3.63) is 46.7 Å². The van der Waals surface area contributed by atoms with Gasteiger partial charge in [-0.3, -0.25) is 4.79 Å². The maximum Gasteiger partial charge on any atom is 0.254 e. The molecular weight excluding hydrogens is 316 g/mol. The van der Waals surface area contributed by atoms with Crippen LogP contribution in [-0.4, -0.2) is 34.1 Å². The first-order valence-electron chi connectivity index (χ1n) is 8.65. The zero-order valence-corrected chi connectivity index (χ0v) is 14.5. The Labute approximate surface area is 146 Å². The van der Waals surface area contributed by atoms with Crippen molar-refractivity contribution >= 4 is 5.91 Å². The lowest BCUT2D eigenvalue weighted by Gasteiger charge is -2.24. The maximum absolute atomic E-state index is 13.1. The molecule has 2 heterocycles. The van der Waals surface area contributed by atoms with Crippen LogP contribution in [0.3, 0.4) is 0 Å². The zero-order valence-electron chi connectivity index (χ0n) is 14.5. The van der Waals surface area contributed by atoms with E-state index in [0.717, 1.165) is 24.8 Å². The molecule has 2 atom stereocenters. The van der Waals surface area contributed by atoms with Gasteiger partial charge >= 0.3 is 0 Å². The molecule has 0 bridgehead atoms. The minimum Gasteiger partial charge on any atom is -0.425 e. The second-order valence-corrected chi connectivity index (χ2v) is 7.15. The van der Waals surface area contributed by atoms with Gasteiger partial charge in [0, 0.05) is 25.6 Å². The normalized spacial score (nSPS) is 25.0. The lowest BCUT2D eigenvalue weighted by atomic mass is 9.80. The van der Waals surface area contributed by atoms with E-state index in [1.165, 1.54) is 0 Å². The number of nitrogens with zero attached hydrogens (tertiary/aromatic N) is 4. The minimum atomic E-state index is -0.211. The summed E-state index contributed by atoms with van der Waals surface area (Å²) in [4.78, 5) is 15.0. The van der Waals surface area contributed by atoms with E-state index in [4.69, 9.17) is 4.42 Å². The molecule has 2 aromatic rings. The van der Waals surface area contributed by atoms with Gasteiger partial charge < -0.3 is 9.32 Å². The first-order valence-corrected chi connectivity index (χ1v) is 8.65. The molecule has 0 radical (unpaired) electrons. The second-order valence-electron chi connectivity index (χ2n) is 7.15. The lowest BCUT2D eigenvalue weighted by Crippen LogP contribution is -2.35. The molecule has 25 heavy (non-hydrogen) atoms. The number of hydrogen-bond acceptors (Lipinski definition) is 5. The van der Waals surface area contributed by atoms with Crippen LogP contribution in [0.15, 0.2) is 22.6 Å². The molecule has 0 unspecified atom stereocenters. The van der Waals surface area contributed by atoms with E-state index >= 15 is 0 Å². The second kappa shape index (κ2) is 5.69. The molecule has 128 valence electrons. The predicted octanol–water partition coefficient (Wildman–Crippen LogP) is 2.75. The van der Waals surface area contributed by atoms with Crippen molar-refractivity contribution in [3.63, 3.8) is 0 Å². The highest BCUT2D eigenvalue weighted by Crippen LogP contribution is 2.50. The molecule has 1 amide bonds. The average Bonchev–Trinajstić information content (AvgIpc) is 3.28. The molecule has 4 rings (SSSR count). The first kappa shape index (κ1) is 15.8. The third-order valence-electron chi connectivity index (χ3n) is 5.79. The number of amides is 1.